The van der Waals surface area contributed by atoms with Gasteiger partial charge in [-0.3, -0.25) is 0 Å². The molecule has 0 saturated carbocycles. The molecule has 0 bridgehead atoms. The third-order valence-corrected chi connectivity index (χ3v) is 3.93. The molecule has 1 aromatic carbocycles. The first-order valence-corrected chi connectivity index (χ1v) is 9.57. The lowest BCUT2D eigenvalue weighted by Crippen LogP contribution is -2.37. The van der Waals surface area contributed by atoms with Gasteiger partial charge in [-0.15, -0.1) is 0 Å². The van der Waals surface area contributed by atoms with Crippen LogP contribution in [-0.2, 0) is 11.3 Å². The number of anilines is 1. The zero-order valence-corrected chi connectivity index (χ0v) is 17.8. The highest BCUT2D eigenvalue weighted by molar-refractivity contribution is 5.90. The summed E-state index contributed by atoms with van der Waals surface area (Å²) in [5, 5.41) is 5.86. The quantitative estimate of drug-likeness (QED) is 0.702. The molecule has 0 saturated heterocycles. The van der Waals surface area contributed by atoms with Crippen LogP contribution in [0.25, 0.3) is 0 Å². The van der Waals surface area contributed by atoms with Gasteiger partial charge in [-0.1, -0.05) is 32.0 Å². The van der Waals surface area contributed by atoms with Crippen molar-refractivity contribution in [3.63, 3.8) is 0 Å². The van der Waals surface area contributed by atoms with Gasteiger partial charge in [0.25, 0.3) is 0 Å². The number of carbonyl (C=O) groups excluding carboxylic acids is 2. The Kier molecular flexibility index (Phi) is 8.60. The molecular formula is C21H35N3O3. The fourth-order valence-corrected chi connectivity index (χ4v) is 2.48. The lowest BCUT2D eigenvalue weighted by Gasteiger charge is -2.25. The summed E-state index contributed by atoms with van der Waals surface area (Å²) in [6.45, 7) is 12.2. The number of benzene rings is 1. The van der Waals surface area contributed by atoms with Gasteiger partial charge >= 0.3 is 12.1 Å². The van der Waals surface area contributed by atoms with E-state index in [-0.39, 0.29) is 12.1 Å². The first-order valence-electron chi connectivity index (χ1n) is 9.57. The summed E-state index contributed by atoms with van der Waals surface area (Å²) < 4.78 is 5.38. The maximum absolute atomic E-state index is 12.3. The molecule has 0 spiro atoms. The van der Waals surface area contributed by atoms with Gasteiger partial charge in [-0.05, 0) is 58.1 Å². The number of carbonyl (C=O) groups is 2. The van der Waals surface area contributed by atoms with Crippen molar-refractivity contribution >= 4 is 17.8 Å². The predicted molar refractivity (Wildman–Crippen MR) is 110 cm³/mol. The minimum atomic E-state index is -0.547. The van der Waals surface area contributed by atoms with E-state index >= 15 is 0 Å². The van der Waals surface area contributed by atoms with E-state index in [1.54, 1.807) is 7.05 Å². The van der Waals surface area contributed by atoms with Crippen molar-refractivity contribution < 1.29 is 14.3 Å². The molecule has 0 fully saturated rings. The van der Waals surface area contributed by atoms with E-state index < -0.39 is 11.7 Å². The van der Waals surface area contributed by atoms with Gasteiger partial charge in [0.2, 0.25) is 0 Å². The Morgan fingerprint density at radius 1 is 1.11 bits per heavy atom. The molecule has 0 heterocycles. The average Bonchev–Trinajstić information content (AvgIpc) is 2.53. The zero-order valence-electron chi connectivity index (χ0n) is 17.8. The van der Waals surface area contributed by atoms with Crippen LogP contribution in [0.1, 0.15) is 59.9 Å². The van der Waals surface area contributed by atoms with E-state index in [0.29, 0.717) is 18.2 Å². The minimum absolute atomic E-state index is 0.101. The molecule has 0 aliphatic carbocycles. The molecule has 1 atom stereocenters. The highest BCUT2D eigenvalue weighted by Crippen LogP contribution is 2.18. The summed E-state index contributed by atoms with van der Waals surface area (Å²) in [7, 11) is 1.68. The summed E-state index contributed by atoms with van der Waals surface area (Å²) in [4.78, 5) is 26.0. The maximum atomic E-state index is 12.3. The summed E-state index contributed by atoms with van der Waals surface area (Å²) in [5.74, 6) is 0.612. The van der Waals surface area contributed by atoms with Crippen molar-refractivity contribution in [2.75, 3.05) is 12.4 Å². The normalized spacial score (nSPS) is 12.4. The number of ether oxygens (including phenoxy) is 1. The monoisotopic (exact) mass is 377 g/mol. The number of nitrogens with zero attached hydrogens (tertiary/aromatic N) is 1. The Morgan fingerprint density at radius 2 is 1.74 bits per heavy atom. The summed E-state index contributed by atoms with van der Waals surface area (Å²) in [5.41, 5.74) is 0.979. The maximum Gasteiger partial charge on any atom is 0.410 e. The third kappa shape index (κ3) is 9.31. The van der Waals surface area contributed by atoms with Crippen LogP contribution in [0.3, 0.4) is 0 Å². The van der Waals surface area contributed by atoms with E-state index in [1.165, 1.54) is 4.90 Å². The molecule has 27 heavy (non-hydrogen) atoms. The Labute approximate surface area is 163 Å². The van der Waals surface area contributed by atoms with Crippen molar-refractivity contribution in [1.82, 2.24) is 10.2 Å². The van der Waals surface area contributed by atoms with Crippen molar-refractivity contribution in [2.24, 2.45) is 5.92 Å². The highest BCUT2D eigenvalue weighted by atomic mass is 16.6. The van der Waals surface area contributed by atoms with Crippen LogP contribution >= 0.6 is 0 Å². The molecule has 1 unspecified atom stereocenters. The molecule has 2 N–H and O–H groups in total. The molecule has 0 aromatic heterocycles. The number of hydrogen-bond donors (Lipinski definition) is 2. The van der Waals surface area contributed by atoms with E-state index in [1.807, 2.05) is 52.0 Å². The smallest absolute Gasteiger partial charge is 0.410 e. The van der Waals surface area contributed by atoms with Crippen molar-refractivity contribution in [2.45, 2.75) is 72.6 Å². The Balaban J connectivity index is 2.68. The largest absolute Gasteiger partial charge is 0.444 e. The summed E-state index contributed by atoms with van der Waals surface area (Å²) in [6.07, 6.45) is 1.61. The van der Waals surface area contributed by atoms with Crippen molar-refractivity contribution in [3.8, 4) is 0 Å². The van der Waals surface area contributed by atoms with Gasteiger partial charge in [0.15, 0.2) is 0 Å². The van der Waals surface area contributed by atoms with Crippen molar-refractivity contribution in [1.29, 1.82) is 0 Å². The number of rotatable bonds is 7. The summed E-state index contributed by atoms with van der Waals surface area (Å²) >= 11 is 0. The second-order valence-electron chi connectivity index (χ2n) is 8.46. The second kappa shape index (κ2) is 10.2. The van der Waals surface area contributed by atoms with Gasteiger partial charge in [-0.25, -0.2) is 9.59 Å². The fourth-order valence-electron chi connectivity index (χ4n) is 2.48. The number of urea groups is 1. The lowest BCUT2D eigenvalue weighted by molar-refractivity contribution is 0.0285. The standard InChI is InChI=1S/C21H35N3O3/c1-15(2)12-13-16(3)22-19(25)23-18-11-9-8-10-17(18)14-24(7)20(26)27-21(4,5)6/h8-11,15-16H,12-14H2,1-7H3,(H2,22,23,25). The Bertz CT molecular complexity index is 623. The van der Waals surface area contributed by atoms with Crippen LogP contribution in [0.2, 0.25) is 0 Å². The SMILES string of the molecule is CC(C)CCC(C)NC(=O)Nc1ccccc1CN(C)C(=O)OC(C)(C)C. The van der Waals surface area contributed by atoms with Crippen LogP contribution in [0, 0.1) is 5.92 Å². The molecule has 0 aliphatic rings. The topological polar surface area (TPSA) is 70.7 Å². The van der Waals surface area contributed by atoms with E-state index in [2.05, 4.69) is 24.5 Å². The third-order valence-electron chi connectivity index (χ3n) is 3.93. The molecule has 6 nitrogen and oxygen atoms in total. The van der Waals surface area contributed by atoms with Gasteiger partial charge in [0.1, 0.15) is 5.60 Å². The van der Waals surface area contributed by atoms with Crippen molar-refractivity contribution in [3.05, 3.63) is 29.8 Å². The average molecular weight is 378 g/mol. The van der Waals surface area contributed by atoms with E-state index in [0.717, 1.165) is 18.4 Å². The molecule has 0 aliphatic heterocycles. The first kappa shape index (κ1) is 22.8. The van der Waals surface area contributed by atoms with Gasteiger partial charge < -0.3 is 20.3 Å². The number of nitrogens with one attached hydrogen (secondary N) is 2. The molecule has 1 rings (SSSR count). The fraction of sp³-hybridized carbons (Fsp3) is 0.619. The lowest BCUT2D eigenvalue weighted by atomic mass is 10.0. The number of para-hydroxylation sites is 1. The predicted octanol–water partition coefficient (Wildman–Crippen LogP) is 5.00. The second-order valence-corrected chi connectivity index (χ2v) is 8.46. The minimum Gasteiger partial charge on any atom is -0.444 e. The Hall–Kier alpha value is -2.24. The van der Waals surface area contributed by atoms with Crippen LogP contribution in [-0.4, -0.2) is 35.7 Å². The highest BCUT2D eigenvalue weighted by Gasteiger charge is 2.20. The van der Waals surface area contributed by atoms with Crippen LogP contribution in [0.15, 0.2) is 24.3 Å². The molecular weight excluding hydrogens is 342 g/mol. The first-order chi connectivity index (χ1) is 12.5. The van der Waals surface area contributed by atoms with Gasteiger partial charge in [-0.2, -0.15) is 0 Å². The molecule has 3 amide bonds. The number of hydrogen-bond acceptors (Lipinski definition) is 3. The molecule has 0 radical (unpaired) electrons. The van der Waals surface area contributed by atoms with Gasteiger partial charge in [0, 0.05) is 18.8 Å². The molecule has 6 heteroatoms. The Morgan fingerprint density at radius 3 is 2.33 bits per heavy atom. The van der Waals surface area contributed by atoms with Crippen LogP contribution in [0.4, 0.5) is 15.3 Å². The van der Waals surface area contributed by atoms with E-state index in [4.69, 9.17) is 4.74 Å². The van der Waals surface area contributed by atoms with Crippen LogP contribution < -0.4 is 10.6 Å². The number of amides is 3. The zero-order chi connectivity index (χ0) is 20.6. The summed E-state index contributed by atoms with van der Waals surface area (Å²) in [6, 6.07) is 7.32. The van der Waals surface area contributed by atoms with Gasteiger partial charge in [0.05, 0.1) is 6.54 Å². The van der Waals surface area contributed by atoms with E-state index in [9.17, 15) is 9.59 Å². The molecule has 152 valence electrons. The van der Waals surface area contributed by atoms with Crippen LogP contribution in [0.5, 0.6) is 0 Å². The molecule has 1 aromatic rings.